The van der Waals surface area contributed by atoms with Crippen molar-refractivity contribution in [1.82, 2.24) is 5.32 Å². The van der Waals surface area contributed by atoms with E-state index in [0.29, 0.717) is 5.69 Å². The molecule has 0 aromatic heterocycles. The third-order valence-corrected chi connectivity index (χ3v) is 3.43. The molecule has 0 aliphatic heterocycles. The monoisotopic (exact) mass is 320 g/mol. The molecule has 0 aliphatic carbocycles. The number of benzene rings is 1. The molecule has 4 nitrogen and oxygen atoms in total. The lowest BCUT2D eigenvalue weighted by molar-refractivity contribution is -0.137. The van der Waals surface area contributed by atoms with Crippen molar-refractivity contribution in [1.29, 1.82) is 0 Å². The maximum atomic E-state index is 12.0. The Labute approximate surface area is 124 Å². The van der Waals surface area contributed by atoms with Crippen molar-refractivity contribution in [2.24, 2.45) is 0 Å². The van der Waals surface area contributed by atoms with E-state index < -0.39 is 23.9 Å². The molecule has 1 aromatic rings. The molecule has 116 valence electrons. The van der Waals surface area contributed by atoms with Gasteiger partial charge in [0.2, 0.25) is 11.8 Å². The Kier molecular flexibility index (Phi) is 6.07. The van der Waals surface area contributed by atoms with E-state index in [9.17, 15) is 22.8 Å². The number of amides is 2. The Hall–Kier alpha value is -1.70. The summed E-state index contributed by atoms with van der Waals surface area (Å²) in [6.07, 6.45) is -4.42. The summed E-state index contributed by atoms with van der Waals surface area (Å²) in [5.74, 6) is -0.876. The fourth-order valence-electron chi connectivity index (χ4n) is 1.41. The van der Waals surface area contributed by atoms with Crippen molar-refractivity contribution in [2.45, 2.75) is 30.2 Å². The number of alkyl halides is 3. The van der Waals surface area contributed by atoms with Gasteiger partial charge < -0.3 is 10.6 Å². The molecule has 0 radical (unpaired) electrons. The van der Waals surface area contributed by atoms with Crippen molar-refractivity contribution in [3.8, 4) is 0 Å². The lowest BCUT2D eigenvalue weighted by Gasteiger charge is -2.13. The molecule has 0 saturated heterocycles. The maximum absolute atomic E-state index is 12.0. The Morgan fingerprint density at radius 2 is 1.81 bits per heavy atom. The van der Waals surface area contributed by atoms with Crippen molar-refractivity contribution in [3.63, 3.8) is 0 Å². The molecule has 0 saturated carbocycles. The van der Waals surface area contributed by atoms with Crippen LogP contribution < -0.4 is 10.6 Å². The van der Waals surface area contributed by atoms with Gasteiger partial charge in [0, 0.05) is 17.5 Å². The predicted octanol–water partition coefficient (Wildman–Crippen LogP) is 2.80. The van der Waals surface area contributed by atoms with Crippen LogP contribution in [0.5, 0.6) is 0 Å². The highest BCUT2D eigenvalue weighted by atomic mass is 32.2. The molecule has 0 spiro atoms. The van der Waals surface area contributed by atoms with Gasteiger partial charge in [-0.3, -0.25) is 9.59 Å². The van der Waals surface area contributed by atoms with E-state index in [1.165, 1.54) is 13.8 Å². The number of thioether (sulfide) groups is 1. The zero-order chi connectivity index (χ0) is 16.0. The summed E-state index contributed by atoms with van der Waals surface area (Å²) in [4.78, 5) is 23.1. The van der Waals surface area contributed by atoms with Crippen molar-refractivity contribution in [3.05, 3.63) is 24.3 Å². The van der Waals surface area contributed by atoms with Gasteiger partial charge in [-0.15, -0.1) is 11.8 Å². The topological polar surface area (TPSA) is 58.2 Å². The molecule has 1 rings (SSSR count). The number of hydrogen-bond donors (Lipinski definition) is 2. The highest BCUT2D eigenvalue weighted by Crippen LogP contribution is 2.25. The van der Waals surface area contributed by atoms with Crippen LogP contribution in [-0.4, -0.2) is 29.8 Å². The Morgan fingerprint density at radius 1 is 1.24 bits per heavy atom. The molecule has 1 aromatic carbocycles. The van der Waals surface area contributed by atoms with Crippen LogP contribution in [0.4, 0.5) is 18.9 Å². The molecule has 2 N–H and O–H groups in total. The van der Waals surface area contributed by atoms with Gasteiger partial charge in [-0.1, -0.05) is 0 Å². The van der Waals surface area contributed by atoms with Gasteiger partial charge in [-0.05, 0) is 31.2 Å². The number of nitrogens with one attached hydrogen (secondary N) is 2. The van der Waals surface area contributed by atoms with Gasteiger partial charge in [0.1, 0.15) is 6.54 Å². The number of hydrogen-bond acceptors (Lipinski definition) is 3. The number of carbonyl (C=O) groups is 2. The molecule has 0 aliphatic rings. The minimum atomic E-state index is -4.42. The average molecular weight is 320 g/mol. The number of anilines is 1. The van der Waals surface area contributed by atoms with E-state index in [-0.39, 0.29) is 5.91 Å². The molecule has 8 heteroatoms. The molecule has 0 heterocycles. The fourth-order valence-corrected chi connectivity index (χ4v) is 2.30. The van der Waals surface area contributed by atoms with Crippen LogP contribution in [0.25, 0.3) is 0 Å². The minimum Gasteiger partial charge on any atom is -0.346 e. The molecule has 2 amide bonds. The van der Waals surface area contributed by atoms with Crippen molar-refractivity contribution in [2.75, 3.05) is 11.9 Å². The van der Waals surface area contributed by atoms with E-state index in [0.717, 1.165) is 16.7 Å². The summed E-state index contributed by atoms with van der Waals surface area (Å²) in [5.41, 5.74) is 0.612. The highest BCUT2D eigenvalue weighted by molar-refractivity contribution is 8.00. The normalized spacial score (nSPS) is 12.6. The van der Waals surface area contributed by atoms with Gasteiger partial charge >= 0.3 is 6.18 Å². The summed E-state index contributed by atoms with van der Waals surface area (Å²) in [7, 11) is 0. The van der Waals surface area contributed by atoms with Gasteiger partial charge in [0.15, 0.2) is 0 Å². The summed E-state index contributed by atoms with van der Waals surface area (Å²) in [6, 6.07) is 6.68. The van der Waals surface area contributed by atoms with E-state index in [2.05, 4.69) is 5.32 Å². The average Bonchev–Trinajstić information content (AvgIpc) is 2.36. The molecule has 0 fully saturated rings. The Bertz CT molecular complexity index is 503. The second-order valence-corrected chi connectivity index (χ2v) is 5.71. The molecule has 0 bridgehead atoms. The van der Waals surface area contributed by atoms with Crippen LogP contribution in [0.1, 0.15) is 13.8 Å². The second-order valence-electron chi connectivity index (χ2n) is 4.30. The summed E-state index contributed by atoms with van der Waals surface area (Å²) >= 11 is 1.14. The lowest BCUT2D eigenvalue weighted by Crippen LogP contribution is -2.37. The molecule has 1 atom stereocenters. The van der Waals surface area contributed by atoms with Crippen LogP contribution >= 0.6 is 11.8 Å². The summed E-state index contributed by atoms with van der Waals surface area (Å²) in [5, 5.41) is 3.78. The molecule has 21 heavy (non-hydrogen) atoms. The standard InChI is InChI=1S/C13H15F3N2O2S/c1-8(12(20)17-7-13(14,15)16)21-11-5-3-10(4-6-11)18-9(2)19/h3-6,8H,7H2,1-2H3,(H,17,20)(H,18,19)/t8-/m0/s1. The first-order chi connectivity index (χ1) is 9.67. The quantitative estimate of drug-likeness (QED) is 0.820. The van der Waals surface area contributed by atoms with E-state index in [1.54, 1.807) is 24.3 Å². The van der Waals surface area contributed by atoms with Crippen LogP contribution in [0.3, 0.4) is 0 Å². The van der Waals surface area contributed by atoms with Gasteiger partial charge in [0.05, 0.1) is 5.25 Å². The van der Waals surface area contributed by atoms with E-state index in [1.807, 2.05) is 5.32 Å². The van der Waals surface area contributed by atoms with Crippen LogP contribution in [0.2, 0.25) is 0 Å². The third-order valence-electron chi connectivity index (χ3n) is 2.32. The SMILES string of the molecule is CC(=O)Nc1ccc(S[C@@H](C)C(=O)NCC(F)(F)F)cc1. The maximum Gasteiger partial charge on any atom is 0.405 e. The fraction of sp³-hybridized carbons (Fsp3) is 0.385. The molecule has 0 unspecified atom stereocenters. The van der Waals surface area contributed by atoms with E-state index in [4.69, 9.17) is 0 Å². The minimum absolute atomic E-state index is 0.199. The third kappa shape index (κ3) is 7.03. The first-order valence-corrected chi connectivity index (χ1v) is 6.94. The predicted molar refractivity (Wildman–Crippen MR) is 75.1 cm³/mol. The summed E-state index contributed by atoms with van der Waals surface area (Å²) < 4.78 is 36.0. The Balaban J connectivity index is 2.52. The zero-order valence-electron chi connectivity index (χ0n) is 11.5. The summed E-state index contributed by atoms with van der Waals surface area (Å²) in [6.45, 7) is 1.58. The van der Waals surface area contributed by atoms with Gasteiger partial charge in [0.25, 0.3) is 0 Å². The number of carbonyl (C=O) groups excluding carboxylic acids is 2. The van der Waals surface area contributed by atoms with Crippen LogP contribution in [-0.2, 0) is 9.59 Å². The highest BCUT2D eigenvalue weighted by Gasteiger charge is 2.28. The van der Waals surface area contributed by atoms with Crippen LogP contribution in [0, 0.1) is 0 Å². The number of rotatable bonds is 5. The largest absolute Gasteiger partial charge is 0.405 e. The zero-order valence-corrected chi connectivity index (χ0v) is 12.3. The molecular weight excluding hydrogens is 305 g/mol. The Morgan fingerprint density at radius 3 is 2.29 bits per heavy atom. The van der Waals surface area contributed by atoms with Gasteiger partial charge in [-0.2, -0.15) is 13.2 Å². The smallest absolute Gasteiger partial charge is 0.346 e. The van der Waals surface area contributed by atoms with E-state index >= 15 is 0 Å². The van der Waals surface area contributed by atoms with Gasteiger partial charge in [-0.25, -0.2) is 0 Å². The van der Waals surface area contributed by atoms with Crippen LogP contribution in [0.15, 0.2) is 29.2 Å². The van der Waals surface area contributed by atoms with Crippen molar-refractivity contribution >= 4 is 29.3 Å². The van der Waals surface area contributed by atoms with Crippen molar-refractivity contribution < 1.29 is 22.8 Å². The molecular formula is C13H15F3N2O2S. The lowest BCUT2D eigenvalue weighted by atomic mass is 10.3. The second kappa shape index (κ2) is 7.35. The first-order valence-electron chi connectivity index (χ1n) is 6.06. The first kappa shape index (κ1) is 17.4. The number of halogens is 3.